The van der Waals surface area contributed by atoms with Crippen LogP contribution >= 0.6 is 0 Å². The molecule has 0 aliphatic carbocycles. The summed E-state index contributed by atoms with van der Waals surface area (Å²) in [4.78, 5) is 11.3. The van der Waals surface area contributed by atoms with Crippen LogP contribution in [0.15, 0.2) is 18.2 Å². The molecule has 18 heavy (non-hydrogen) atoms. The van der Waals surface area contributed by atoms with Crippen molar-refractivity contribution in [1.29, 1.82) is 0 Å². The number of amides is 1. The van der Waals surface area contributed by atoms with E-state index >= 15 is 0 Å². The molecule has 0 radical (unpaired) electrons. The van der Waals surface area contributed by atoms with Crippen LogP contribution in [0.5, 0.6) is 0 Å². The predicted octanol–water partition coefficient (Wildman–Crippen LogP) is 0.596. The van der Waals surface area contributed by atoms with Crippen molar-refractivity contribution in [3.63, 3.8) is 0 Å². The number of benzene rings is 1. The summed E-state index contributed by atoms with van der Waals surface area (Å²) in [7, 11) is 0. The summed E-state index contributed by atoms with van der Waals surface area (Å²) in [6.45, 7) is 1.74. The Morgan fingerprint density at radius 3 is 3.06 bits per heavy atom. The van der Waals surface area contributed by atoms with Crippen LogP contribution < -0.4 is 11.1 Å². The van der Waals surface area contributed by atoms with Crippen molar-refractivity contribution in [3.05, 3.63) is 29.3 Å². The van der Waals surface area contributed by atoms with Gasteiger partial charge in [0.25, 0.3) is 0 Å². The first-order chi connectivity index (χ1) is 8.74. The molecule has 2 heterocycles. The SMILES string of the molecule is NC(c1ccc2c(c1)CC(=O)N2)C1COCCO1. The van der Waals surface area contributed by atoms with Gasteiger partial charge < -0.3 is 20.5 Å². The fourth-order valence-electron chi connectivity index (χ4n) is 2.38. The topological polar surface area (TPSA) is 73.6 Å². The molecule has 1 fully saturated rings. The fraction of sp³-hybridized carbons (Fsp3) is 0.462. The van der Waals surface area contributed by atoms with E-state index in [9.17, 15) is 4.79 Å². The van der Waals surface area contributed by atoms with E-state index in [1.165, 1.54) is 0 Å². The summed E-state index contributed by atoms with van der Waals surface area (Å²) in [5.41, 5.74) is 9.07. The molecule has 1 saturated heterocycles. The molecular formula is C13H16N2O3. The Morgan fingerprint density at radius 2 is 2.28 bits per heavy atom. The average molecular weight is 248 g/mol. The molecule has 3 N–H and O–H groups in total. The number of rotatable bonds is 2. The molecule has 0 aromatic heterocycles. The molecule has 5 heteroatoms. The van der Waals surface area contributed by atoms with Gasteiger partial charge in [0, 0.05) is 5.69 Å². The summed E-state index contributed by atoms with van der Waals surface area (Å²) >= 11 is 0. The number of ether oxygens (including phenoxy) is 2. The maximum Gasteiger partial charge on any atom is 0.228 e. The molecule has 1 aromatic carbocycles. The Labute approximate surface area is 105 Å². The summed E-state index contributed by atoms with van der Waals surface area (Å²) in [5.74, 6) is 0.0352. The van der Waals surface area contributed by atoms with Crippen molar-refractivity contribution in [2.75, 3.05) is 25.1 Å². The van der Waals surface area contributed by atoms with Gasteiger partial charge in [-0.05, 0) is 17.2 Å². The van der Waals surface area contributed by atoms with Crippen molar-refractivity contribution in [2.45, 2.75) is 18.6 Å². The van der Waals surface area contributed by atoms with E-state index in [4.69, 9.17) is 15.2 Å². The highest BCUT2D eigenvalue weighted by atomic mass is 16.6. The lowest BCUT2D eigenvalue weighted by Gasteiger charge is -2.28. The number of anilines is 1. The lowest BCUT2D eigenvalue weighted by Crippen LogP contribution is -2.37. The number of hydrogen-bond donors (Lipinski definition) is 2. The zero-order chi connectivity index (χ0) is 12.5. The van der Waals surface area contributed by atoms with Gasteiger partial charge in [0.1, 0.15) is 6.10 Å². The Kier molecular flexibility index (Phi) is 3.03. The van der Waals surface area contributed by atoms with Crippen LogP contribution in [-0.4, -0.2) is 31.8 Å². The molecule has 0 bridgehead atoms. The lowest BCUT2D eigenvalue weighted by atomic mass is 9.99. The smallest absolute Gasteiger partial charge is 0.228 e. The van der Waals surface area contributed by atoms with E-state index in [1.807, 2.05) is 18.2 Å². The number of nitrogens with two attached hydrogens (primary N) is 1. The monoisotopic (exact) mass is 248 g/mol. The molecule has 2 atom stereocenters. The highest BCUT2D eigenvalue weighted by Gasteiger charge is 2.25. The van der Waals surface area contributed by atoms with E-state index < -0.39 is 0 Å². The Bertz CT molecular complexity index is 469. The quantitative estimate of drug-likeness (QED) is 0.803. The number of carbonyl (C=O) groups excluding carboxylic acids is 1. The molecule has 0 spiro atoms. The lowest BCUT2D eigenvalue weighted by molar-refractivity contribution is -0.115. The van der Waals surface area contributed by atoms with E-state index in [0.29, 0.717) is 26.2 Å². The molecule has 2 aliphatic heterocycles. The van der Waals surface area contributed by atoms with E-state index in [0.717, 1.165) is 16.8 Å². The van der Waals surface area contributed by atoms with Crippen LogP contribution in [0.25, 0.3) is 0 Å². The molecule has 5 nitrogen and oxygen atoms in total. The summed E-state index contributed by atoms with van der Waals surface area (Å²) in [6, 6.07) is 5.61. The number of fused-ring (bicyclic) bond motifs is 1. The van der Waals surface area contributed by atoms with Gasteiger partial charge in [-0.1, -0.05) is 12.1 Å². The Balaban J connectivity index is 1.80. The summed E-state index contributed by atoms with van der Waals surface area (Å²) in [6.07, 6.45) is 0.319. The Morgan fingerprint density at radius 1 is 1.39 bits per heavy atom. The molecule has 96 valence electrons. The standard InChI is InChI=1S/C13H16N2O3/c14-13(11-7-17-3-4-18-11)8-1-2-10-9(5-8)6-12(16)15-10/h1-2,5,11,13H,3-4,6-7,14H2,(H,15,16). The zero-order valence-electron chi connectivity index (χ0n) is 10.0. The molecule has 3 rings (SSSR count). The van der Waals surface area contributed by atoms with Gasteiger partial charge in [0.05, 0.1) is 32.3 Å². The van der Waals surface area contributed by atoms with Crippen molar-refractivity contribution < 1.29 is 14.3 Å². The highest BCUT2D eigenvalue weighted by molar-refractivity contribution is 5.99. The Hall–Kier alpha value is -1.43. The van der Waals surface area contributed by atoms with Gasteiger partial charge in [-0.25, -0.2) is 0 Å². The minimum absolute atomic E-state index is 0.0352. The molecule has 0 saturated carbocycles. The molecule has 1 amide bonds. The first-order valence-electron chi connectivity index (χ1n) is 6.11. The van der Waals surface area contributed by atoms with Crippen molar-refractivity contribution in [1.82, 2.24) is 0 Å². The van der Waals surface area contributed by atoms with Crippen molar-refractivity contribution in [2.24, 2.45) is 5.73 Å². The number of carbonyl (C=O) groups is 1. The van der Waals surface area contributed by atoms with Gasteiger partial charge in [-0.3, -0.25) is 4.79 Å². The third-order valence-electron chi connectivity index (χ3n) is 3.38. The van der Waals surface area contributed by atoms with E-state index in [1.54, 1.807) is 0 Å². The fourth-order valence-corrected chi connectivity index (χ4v) is 2.38. The second-order valence-corrected chi connectivity index (χ2v) is 4.65. The van der Waals surface area contributed by atoms with Crippen LogP contribution in [0.1, 0.15) is 17.2 Å². The van der Waals surface area contributed by atoms with E-state index in [2.05, 4.69) is 5.32 Å². The van der Waals surface area contributed by atoms with Crippen LogP contribution in [0.4, 0.5) is 5.69 Å². The normalized spacial score (nSPS) is 24.5. The predicted molar refractivity (Wildman–Crippen MR) is 66.3 cm³/mol. The molecule has 2 aliphatic rings. The third kappa shape index (κ3) is 2.12. The maximum atomic E-state index is 11.3. The van der Waals surface area contributed by atoms with Gasteiger partial charge in [0.2, 0.25) is 5.91 Å². The first-order valence-corrected chi connectivity index (χ1v) is 6.11. The first kappa shape index (κ1) is 11.6. The van der Waals surface area contributed by atoms with Gasteiger partial charge in [-0.2, -0.15) is 0 Å². The van der Waals surface area contributed by atoms with Crippen molar-refractivity contribution in [3.8, 4) is 0 Å². The summed E-state index contributed by atoms with van der Waals surface area (Å²) < 4.78 is 11.0. The van der Waals surface area contributed by atoms with Crippen LogP contribution in [0.3, 0.4) is 0 Å². The van der Waals surface area contributed by atoms with Crippen LogP contribution in [0.2, 0.25) is 0 Å². The van der Waals surface area contributed by atoms with Crippen LogP contribution in [-0.2, 0) is 20.7 Å². The van der Waals surface area contributed by atoms with Gasteiger partial charge in [-0.15, -0.1) is 0 Å². The maximum absolute atomic E-state index is 11.3. The molecule has 1 aromatic rings. The number of hydrogen-bond acceptors (Lipinski definition) is 4. The number of nitrogens with one attached hydrogen (secondary N) is 1. The molecule has 2 unspecified atom stereocenters. The highest BCUT2D eigenvalue weighted by Crippen LogP contribution is 2.27. The zero-order valence-corrected chi connectivity index (χ0v) is 10.0. The second-order valence-electron chi connectivity index (χ2n) is 4.65. The third-order valence-corrected chi connectivity index (χ3v) is 3.38. The minimum atomic E-state index is -0.216. The largest absolute Gasteiger partial charge is 0.376 e. The second kappa shape index (κ2) is 4.68. The van der Waals surface area contributed by atoms with E-state index in [-0.39, 0.29) is 18.1 Å². The molecular weight excluding hydrogens is 232 g/mol. The van der Waals surface area contributed by atoms with Gasteiger partial charge in [0.15, 0.2) is 0 Å². The minimum Gasteiger partial charge on any atom is -0.376 e. The van der Waals surface area contributed by atoms with Gasteiger partial charge >= 0.3 is 0 Å². The summed E-state index contributed by atoms with van der Waals surface area (Å²) in [5, 5.41) is 2.81. The van der Waals surface area contributed by atoms with Crippen molar-refractivity contribution >= 4 is 11.6 Å². The van der Waals surface area contributed by atoms with Crippen LogP contribution in [0, 0.1) is 0 Å². The average Bonchev–Trinajstić information content (AvgIpc) is 2.78.